The van der Waals surface area contributed by atoms with Crippen LogP contribution in [0.3, 0.4) is 0 Å². The van der Waals surface area contributed by atoms with Gasteiger partial charge in [-0.2, -0.15) is 0 Å². The highest BCUT2D eigenvalue weighted by molar-refractivity contribution is 6.30. The molecule has 1 aliphatic heterocycles. The van der Waals surface area contributed by atoms with E-state index >= 15 is 0 Å². The molecule has 1 aromatic rings. The molecule has 1 saturated heterocycles. The molecule has 1 heterocycles. The summed E-state index contributed by atoms with van der Waals surface area (Å²) in [6.07, 6.45) is 6.33. The lowest BCUT2D eigenvalue weighted by molar-refractivity contribution is 0.0267. The minimum atomic E-state index is 0.291. The van der Waals surface area contributed by atoms with Crippen LogP contribution in [0.25, 0.3) is 0 Å². The first-order valence-electron chi connectivity index (χ1n) is 8.59. The van der Waals surface area contributed by atoms with Crippen molar-refractivity contribution >= 4 is 11.6 Å². The number of hydrogen-bond donors (Lipinski definition) is 1. The van der Waals surface area contributed by atoms with E-state index in [1.165, 1.54) is 31.2 Å². The van der Waals surface area contributed by atoms with Crippen LogP contribution in [0.1, 0.15) is 37.7 Å². The predicted octanol–water partition coefficient (Wildman–Crippen LogP) is 3.15. The molecule has 3 nitrogen and oxygen atoms in total. The van der Waals surface area contributed by atoms with E-state index in [0.29, 0.717) is 12.6 Å². The van der Waals surface area contributed by atoms with Gasteiger partial charge in [0, 0.05) is 49.9 Å². The molecule has 0 radical (unpaired) electrons. The van der Waals surface area contributed by atoms with Crippen LogP contribution in [-0.4, -0.2) is 53.2 Å². The van der Waals surface area contributed by atoms with Gasteiger partial charge in [-0.3, -0.25) is 9.80 Å². The third-order valence-corrected chi connectivity index (χ3v) is 5.40. The lowest BCUT2D eigenvalue weighted by atomic mass is 10.0. The summed E-state index contributed by atoms with van der Waals surface area (Å²) >= 11 is 6.09. The van der Waals surface area contributed by atoms with E-state index in [1.807, 2.05) is 12.1 Å². The minimum absolute atomic E-state index is 0.291. The molecule has 2 aliphatic rings. The van der Waals surface area contributed by atoms with Crippen LogP contribution < -0.4 is 0 Å². The molecule has 1 saturated carbocycles. The first kappa shape index (κ1) is 16.3. The Labute approximate surface area is 138 Å². The first-order valence-corrected chi connectivity index (χ1v) is 8.97. The maximum absolute atomic E-state index is 9.43. The summed E-state index contributed by atoms with van der Waals surface area (Å²) in [7, 11) is 0. The van der Waals surface area contributed by atoms with Crippen molar-refractivity contribution in [2.45, 2.75) is 50.7 Å². The zero-order chi connectivity index (χ0) is 15.4. The van der Waals surface area contributed by atoms with E-state index < -0.39 is 0 Å². The monoisotopic (exact) mass is 322 g/mol. The Balaban J connectivity index is 1.61. The van der Waals surface area contributed by atoms with E-state index in [0.717, 1.165) is 43.7 Å². The van der Waals surface area contributed by atoms with Gasteiger partial charge in [0.1, 0.15) is 0 Å². The quantitative estimate of drug-likeness (QED) is 0.902. The molecule has 0 unspecified atom stereocenters. The van der Waals surface area contributed by atoms with Crippen molar-refractivity contribution in [1.29, 1.82) is 0 Å². The molecule has 122 valence electrons. The lowest BCUT2D eigenvalue weighted by Crippen LogP contribution is -2.55. The van der Waals surface area contributed by atoms with Crippen LogP contribution in [0.2, 0.25) is 5.02 Å². The number of aliphatic hydroxyl groups excluding tert-OH is 1. The van der Waals surface area contributed by atoms with Gasteiger partial charge in [-0.1, -0.05) is 36.6 Å². The number of piperazine rings is 1. The van der Waals surface area contributed by atoms with Gasteiger partial charge in [-0.15, -0.1) is 0 Å². The molecule has 1 atom stereocenters. The zero-order valence-electron chi connectivity index (χ0n) is 13.3. The van der Waals surface area contributed by atoms with Crippen LogP contribution in [0.15, 0.2) is 24.3 Å². The summed E-state index contributed by atoms with van der Waals surface area (Å²) in [5, 5.41) is 10.2. The number of benzene rings is 1. The molecule has 22 heavy (non-hydrogen) atoms. The average molecular weight is 323 g/mol. The Morgan fingerprint density at radius 1 is 1.18 bits per heavy atom. The second-order valence-electron chi connectivity index (χ2n) is 6.71. The molecular weight excluding hydrogens is 296 g/mol. The van der Waals surface area contributed by atoms with E-state index in [2.05, 4.69) is 21.9 Å². The van der Waals surface area contributed by atoms with Crippen molar-refractivity contribution in [3.8, 4) is 0 Å². The van der Waals surface area contributed by atoms with Crippen LogP contribution in [0.5, 0.6) is 0 Å². The maximum Gasteiger partial charge on any atom is 0.0446 e. The Kier molecular flexibility index (Phi) is 5.75. The zero-order valence-corrected chi connectivity index (χ0v) is 14.0. The molecule has 4 heteroatoms. The molecule has 1 aromatic carbocycles. The van der Waals surface area contributed by atoms with Crippen molar-refractivity contribution in [3.05, 3.63) is 34.9 Å². The lowest BCUT2D eigenvalue weighted by Gasteiger charge is -2.44. The van der Waals surface area contributed by atoms with Gasteiger partial charge in [-0.25, -0.2) is 0 Å². The summed E-state index contributed by atoms with van der Waals surface area (Å²) in [4.78, 5) is 5.19. The fraction of sp³-hybridized carbons (Fsp3) is 0.667. The third kappa shape index (κ3) is 4.02. The van der Waals surface area contributed by atoms with Gasteiger partial charge in [0.05, 0.1) is 0 Å². The van der Waals surface area contributed by atoms with Gasteiger partial charge in [-0.05, 0) is 37.0 Å². The van der Waals surface area contributed by atoms with Crippen molar-refractivity contribution in [2.75, 3.05) is 26.2 Å². The number of halogens is 1. The van der Waals surface area contributed by atoms with E-state index in [9.17, 15) is 5.11 Å². The summed E-state index contributed by atoms with van der Waals surface area (Å²) in [5.74, 6) is 0. The van der Waals surface area contributed by atoms with Gasteiger partial charge in [0.15, 0.2) is 0 Å². The third-order valence-electron chi connectivity index (χ3n) is 5.16. The SMILES string of the molecule is OCC[C@@H]1CN(Cc2cccc(Cl)c2)CCN1C1CCCC1. The van der Waals surface area contributed by atoms with Gasteiger partial charge < -0.3 is 5.11 Å². The summed E-state index contributed by atoms with van der Waals surface area (Å²) in [6.45, 7) is 4.56. The Bertz CT molecular complexity index is 476. The largest absolute Gasteiger partial charge is 0.396 e. The fourth-order valence-corrected chi connectivity index (χ4v) is 4.31. The van der Waals surface area contributed by atoms with Crippen molar-refractivity contribution in [1.82, 2.24) is 9.80 Å². The summed E-state index contributed by atoms with van der Waals surface area (Å²) in [5.41, 5.74) is 1.28. The van der Waals surface area contributed by atoms with Gasteiger partial charge in [0.2, 0.25) is 0 Å². The van der Waals surface area contributed by atoms with Crippen molar-refractivity contribution in [2.24, 2.45) is 0 Å². The van der Waals surface area contributed by atoms with Gasteiger partial charge in [0.25, 0.3) is 0 Å². The molecule has 3 rings (SSSR count). The summed E-state index contributed by atoms with van der Waals surface area (Å²) < 4.78 is 0. The van der Waals surface area contributed by atoms with Crippen LogP contribution in [0, 0.1) is 0 Å². The van der Waals surface area contributed by atoms with E-state index in [-0.39, 0.29) is 0 Å². The summed E-state index contributed by atoms with van der Waals surface area (Å²) in [6, 6.07) is 9.42. The minimum Gasteiger partial charge on any atom is -0.396 e. The van der Waals surface area contributed by atoms with E-state index in [1.54, 1.807) is 0 Å². The predicted molar refractivity (Wildman–Crippen MR) is 91.2 cm³/mol. The van der Waals surface area contributed by atoms with Crippen molar-refractivity contribution < 1.29 is 5.11 Å². The van der Waals surface area contributed by atoms with Crippen molar-refractivity contribution in [3.63, 3.8) is 0 Å². The number of aliphatic hydroxyl groups is 1. The first-order chi connectivity index (χ1) is 10.8. The molecule has 1 aliphatic carbocycles. The van der Waals surface area contributed by atoms with Gasteiger partial charge >= 0.3 is 0 Å². The number of rotatable bonds is 5. The van der Waals surface area contributed by atoms with E-state index in [4.69, 9.17) is 11.6 Å². The normalized spacial score (nSPS) is 24.9. The number of nitrogens with zero attached hydrogens (tertiary/aromatic N) is 2. The Morgan fingerprint density at radius 2 is 2.00 bits per heavy atom. The molecule has 1 N–H and O–H groups in total. The Morgan fingerprint density at radius 3 is 2.73 bits per heavy atom. The second kappa shape index (κ2) is 7.78. The molecule has 0 spiro atoms. The molecule has 0 aromatic heterocycles. The topological polar surface area (TPSA) is 26.7 Å². The highest BCUT2D eigenvalue weighted by atomic mass is 35.5. The molecule has 2 fully saturated rings. The Hall–Kier alpha value is -0.610. The molecule has 0 amide bonds. The van der Waals surface area contributed by atoms with Crippen LogP contribution in [0.4, 0.5) is 0 Å². The maximum atomic E-state index is 9.43. The molecule has 0 bridgehead atoms. The average Bonchev–Trinajstić information content (AvgIpc) is 3.02. The molecular formula is C18H27ClN2O. The second-order valence-corrected chi connectivity index (χ2v) is 7.14. The van der Waals surface area contributed by atoms with Crippen LogP contribution >= 0.6 is 11.6 Å². The highest BCUT2D eigenvalue weighted by Gasteiger charge is 2.32. The van der Waals surface area contributed by atoms with Crippen LogP contribution in [-0.2, 0) is 6.54 Å². The highest BCUT2D eigenvalue weighted by Crippen LogP contribution is 2.28. The smallest absolute Gasteiger partial charge is 0.0446 e. The standard InChI is InChI=1S/C18H27ClN2O/c19-16-5-3-4-15(12-16)13-20-9-10-21(17-6-1-2-7-17)18(14-20)8-11-22/h3-5,12,17-18,22H,1-2,6-11,13-14H2/t18-/m1/s1. The fourth-order valence-electron chi connectivity index (χ4n) is 4.09. The number of hydrogen-bond acceptors (Lipinski definition) is 3.